The number of anilines is 2. The van der Waals surface area contributed by atoms with E-state index >= 15 is 0 Å². The fraction of sp³-hybridized carbons (Fsp3) is 0.308. The molecule has 0 spiro atoms. The topological polar surface area (TPSA) is 86.8 Å². The fourth-order valence-corrected chi connectivity index (χ4v) is 7.53. The summed E-state index contributed by atoms with van der Waals surface area (Å²) < 4.78 is 57.8. The van der Waals surface area contributed by atoms with Gasteiger partial charge in [0.2, 0.25) is 10.0 Å². The Hall–Kier alpha value is -2.88. The quantitative estimate of drug-likeness (QED) is 0.559. The molecule has 1 aliphatic rings. The third kappa shape index (κ3) is 5.07. The molecule has 7 nitrogen and oxygen atoms in total. The normalized spacial score (nSPS) is 19.7. The van der Waals surface area contributed by atoms with E-state index in [2.05, 4.69) is 5.32 Å². The van der Waals surface area contributed by atoms with Crippen LogP contribution in [0.5, 0.6) is 0 Å². The molecule has 0 saturated heterocycles. The van der Waals surface area contributed by atoms with Gasteiger partial charge >= 0.3 is 0 Å². The molecule has 3 aromatic carbocycles. The average molecular weight is 514 g/mol. The van der Waals surface area contributed by atoms with Gasteiger partial charge < -0.3 is 5.32 Å². The monoisotopic (exact) mass is 513 g/mol. The van der Waals surface area contributed by atoms with Crippen LogP contribution in [0, 0.1) is 13.8 Å². The minimum Gasteiger partial charge on any atom is -0.380 e. The third-order valence-corrected chi connectivity index (χ3v) is 9.97. The average Bonchev–Trinajstić information content (AvgIpc) is 2.87. The van der Waals surface area contributed by atoms with Crippen LogP contribution in [-0.4, -0.2) is 46.3 Å². The predicted molar refractivity (Wildman–Crippen MR) is 140 cm³/mol. The van der Waals surface area contributed by atoms with Crippen LogP contribution in [0.2, 0.25) is 0 Å². The number of para-hydroxylation sites is 2. The van der Waals surface area contributed by atoms with Crippen molar-refractivity contribution in [2.75, 3.05) is 22.7 Å². The summed E-state index contributed by atoms with van der Waals surface area (Å²) in [7, 11) is -7.84. The maximum absolute atomic E-state index is 13.9. The van der Waals surface area contributed by atoms with Gasteiger partial charge in [-0.05, 0) is 64.1 Å². The minimum atomic E-state index is -3.97. The van der Waals surface area contributed by atoms with Gasteiger partial charge in [-0.2, -0.15) is 4.31 Å². The van der Waals surface area contributed by atoms with E-state index in [0.29, 0.717) is 11.4 Å². The number of rotatable bonds is 4. The first-order chi connectivity index (χ1) is 16.5. The molecule has 2 atom stereocenters. The molecule has 0 radical (unpaired) electrons. The standard InChI is InChI=1S/C26H31N3O4S2/c1-19-9-13-23(14-10-19)34(30,31)28-17-21(3)27-25-7-5-6-8-26(25)29(18-22(28)4)35(32,33)24-15-11-20(2)12-16-24/h5-16,21-22,27H,17-18H2,1-4H3/t21-,22-/m0/s1. The third-order valence-electron chi connectivity index (χ3n) is 6.19. The maximum atomic E-state index is 13.9. The zero-order valence-corrected chi connectivity index (χ0v) is 22.0. The van der Waals surface area contributed by atoms with Crippen LogP contribution in [0.15, 0.2) is 82.6 Å². The highest BCUT2D eigenvalue weighted by Crippen LogP contribution is 2.34. The number of aryl methyl sites for hydroxylation is 2. The Bertz CT molecular complexity index is 1400. The Labute approximate surface area is 208 Å². The molecular formula is C26H31N3O4S2. The van der Waals surface area contributed by atoms with Crippen molar-refractivity contribution in [2.45, 2.75) is 49.6 Å². The predicted octanol–water partition coefficient (Wildman–Crippen LogP) is 4.39. The van der Waals surface area contributed by atoms with Gasteiger partial charge in [0.25, 0.3) is 10.0 Å². The van der Waals surface area contributed by atoms with Crippen LogP contribution >= 0.6 is 0 Å². The summed E-state index contributed by atoms with van der Waals surface area (Å²) in [6.45, 7) is 7.59. The van der Waals surface area contributed by atoms with E-state index in [1.807, 2.05) is 32.9 Å². The van der Waals surface area contributed by atoms with Crippen LogP contribution in [0.25, 0.3) is 0 Å². The number of sulfonamides is 2. The van der Waals surface area contributed by atoms with E-state index in [1.165, 1.54) is 8.61 Å². The minimum absolute atomic E-state index is 0.0350. The fourth-order valence-electron chi connectivity index (χ4n) is 4.25. The molecular weight excluding hydrogens is 482 g/mol. The van der Waals surface area contributed by atoms with Crippen molar-refractivity contribution in [2.24, 2.45) is 0 Å². The van der Waals surface area contributed by atoms with E-state index in [9.17, 15) is 16.8 Å². The van der Waals surface area contributed by atoms with E-state index in [-0.39, 0.29) is 28.9 Å². The molecule has 1 heterocycles. The highest BCUT2D eigenvalue weighted by Gasteiger charge is 2.36. The van der Waals surface area contributed by atoms with Crippen molar-refractivity contribution < 1.29 is 16.8 Å². The molecule has 1 N–H and O–H groups in total. The summed E-state index contributed by atoms with van der Waals surface area (Å²) in [5.41, 5.74) is 3.04. The summed E-state index contributed by atoms with van der Waals surface area (Å²) in [5, 5.41) is 3.34. The van der Waals surface area contributed by atoms with Crippen LogP contribution in [-0.2, 0) is 20.0 Å². The molecule has 0 saturated carbocycles. The summed E-state index contributed by atoms with van der Waals surface area (Å²) in [5.74, 6) is 0. The lowest BCUT2D eigenvalue weighted by Gasteiger charge is -2.33. The van der Waals surface area contributed by atoms with Crippen LogP contribution in [0.1, 0.15) is 25.0 Å². The van der Waals surface area contributed by atoms with Crippen molar-refractivity contribution in [1.82, 2.24) is 4.31 Å². The number of benzene rings is 3. The van der Waals surface area contributed by atoms with E-state index < -0.39 is 26.1 Å². The SMILES string of the molecule is Cc1ccc(S(=O)(=O)N2C[C@H](C)N(S(=O)(=O)c3ccc(C)cc3)C[C@H](C)Nc3ccccc32)cc1. The van der Waals surface area contributed by atoms with Crippen molar-refractivity contribution >= 4 is 31.4 Å². The molecule has 186 valence electrons. The Morgan fingerprint density at radius 1 is 0.714 bits per heavy atom. The van der Waals surface area contributed by atoms with E-state index in [1.54, 1.807) is 67.6 Å². The van der Waals surface area contributed by atoms with Crippen molar-refractivity contribution in [3.63, 3.8) is 0 Å². The Morgan fingerprint density at radius 2 is 1.23 bits per heavy atom. The molecule has 0 amide bonds. The van der Waals surface area contributed by atoms with Crippen LogP contribution in [0.4, 0.5) is 11.4 Å². The van der Waals surface area contributed by atoms with Gasteiger partial charge in [0.05, 0.1) is 27.7 Å². The number of fused-ring (bicyclic) bond motifs is 1. The summed E-state index contributed by atoms with van der Waals surface area (Å²) >= 11 is 0. The lowest BCUT2D eigenvalue weighted by molar-refractivity contribution is 0.334. The zero-order valence-electron chi connectivity index (χ0n) is 20.3. The first-order valence-electron chi connectivity index (χ1n) is 11.5. The number of hydrogen-bond donors (Lipinski definition) is 1. The van der Waals surface area contributed by atoms with Crippen LogP contribution in [0.3, 0.4) is 0 Å². The molecule has 0 bridgehead atoms. The summed E-state index contributed by atoms with van der Waals surface area (Å²) in [6.07, 6.45) is 0. The number of nitrogens with zero attached hydrogens (tertiary/aromatic N) is 2. The Kier molecular flexibility index (Phi) is 6.95. The van der Waals surface area contributed by atoms with Crippen molar-refractivity contribution in [3.8, 4) is 0 Å². The van der Waals surface area contributed by atoms with Gasteiger partial charge in [-0.15, -0.1) is 0 Å². The lowest BCUT2D eigenvalue weighted by Crippen LogP contribution is -2.49. The van der Waals surface area contributed by atoms with E-state index in [0.717, 1.165) is 11.1 Å². The number of nitrogens with one attached hydrogen (secondary N) is 1. The molecule has 9 heteroatoms. The molecule has 0 aliphatic carbocycles. The summed E-state index contributed by atoms with van der Waals surface area (Å²) in [4.78, 5) is 0.345. The van der Waals surface area contributed by atoms with Gasteiger partial charge in [0, 0.05) is 18.6 Å². The number of hydrogen-bond acceptors (Lipinski definition) is 5. The lowest BCUT2D eigenvalue weighted by atomic mass is 10.2. The highest BCUT2D eigenvalue weighted by molar-refractivity contribution is 7.93. The smallest absolute Gasteiger partial charge is 0.264 e. The van der Waals surface area contributed by atoms with Crippen LogP contribution < -0.4 is 9.62 Å². The molecule has 0 fully saturated rings. The Morgan fingerprint density at radius 3 is 1.80 bits per heavy atom. The van der Waals surface area contributed by atoms with Gasteiger partial charge in [-0.3, -0.25) is 4.31 Å². The second kappa shape index (κ2) is 9.64. The molecule has 1 aliphatic heterocycles. The molecule has 3 aromatic rings. The highest BCUT2D eigenvalue weighted by atomic mass is 32.2. The molecule has 0 aromatic heterocycles. The van der Waals surface area contributed by atoms with Gasteiger partial charge in [0.1, 0.15) is 0 Å². The van der Waals surface area contributed by atoms with Gasteiger partial charge in [-0.25, -0.2) is 16.8 Å². The van der Waals surface area contributed by atoms with Crippen molar-refractivity contribution in [1.29, 1.82) is 0 Å². The zero-order chi connectivity index (χ0) is 25.4. The Balaban J connectivity index is 1.82. The van der Waals surface area contributed by atoms with E-state index in [4.69, 9.17) is 0 Å². The molecule has 35 heavy (non-hydrogen) atoms. The maximum Gasteiger partial charge on any atom is 0.264 e. The summed E-state index contributed by atoms with van der Waals surface area (Å²) in [6, 6.07) is 19.7. The molecule has 4 rings (SSSR count). The van der Waals surface area contributed by atoms with Gasteiger partial charge in [-0.1, -0.05) is 47.5 Å². The van der Waals surface area contributed by atoms with Crippen molar-refractivity contribution in [3.05, 3.63) is 83.9 Å². The second-order valence-corrected chi connectivity index (χ2v) is 12.9. The first-order valence-corrected chi connectivity index (χ1v) is 14.4. The second-order valence-electron chi connectivity index (χ2n) is 9.15. The molecule has 0 unspecified atom stereocenters. The first kappa shape index (κ1) is 25.2. The largest absolute Gasteiger partial charge is 0.380 e. The van der Waals surface area contributed by atoms with Gasteiger partial charge in [0.15, 0.2) is 0 Å².